The zero-order chi connectivity index (χ0) is 23.3. The number of nitrogens with zero attached hydrogens (tertiary/aromatic N) is 1. The first-order chi connectivity index (χ1) is 15.2. The van der Waals surface area contributed by atoms with E-state index in [0.717, 1.165) is 31.4 Å². The van der Waals surface area contributed by atoms with E-state index in [1.54, 1.807) is 31.2 Å². The molecule has 10 heteroatoms. The normalized spacial score (nSPS) is 19.4. The van der Waals surface area contributed by atoms with Gasteiger partial charge in [0, 0.05) is 23.7 Å². The third kappa shape index (κ3) is 5.67. The molecule has 1 heterocycles. The fourth-order valence-corrected chi connectivity index (χ4v) is 5.59. The van der Waals surface area contributed by atoms with Crippen molar-refractivity contribution in [1.82, 2.24) is 15.5 Å². The number of aromatic nitrogens is 2. The van der Waals surface area contributed by atoms with Crippen molar-refractivity contribution in [3.63, 3.8) is 0 Å². The molecule has 2 amide bonds. The number of nitrogens with one attached hydrogen (secondary N) is 3. The van der Waals surface area contributed by atoms with Crippen molar-refractivity contribution < 1.29 is 23.1 Å². The van der Waals surface area contributed by atoms with Gasteiger partial charge in [-0.3, -0.25) is 9.89 Å². The van der Waals surface area contributed by atoms with Crippen molar-refractivity contribution in [2.24, 2.45) is 5.92 Å². The van der Waals surface area contributed by atoms with Gasteiger partial charge in [-0.1, -0.05) is 32.0 Å². The maximum absolute atomic E-state index is 12.5. The van der Waals surface area contributed by atoms with Crippen molar-refractivity contribution in [3.8, 4) is 0 Å². The number of aromatic amines is 1. The number of hydrogen-bond donors (Lipinski definition) is 4. The lowest BCUT2D eigenvalue weighted by molar-refractivity contribution is -0.115. The topological polar surface area (TPSA) is 141 Å². The summed E-state index contributed by atoms with van der Waals surface area (Å²) in [5.74, 6) is 0.498. The van der Waals surface area contributed by atoms with Crippen LogP contribution in [0, 0.1) is 5.92 Å². The molecule has 3 unspecified atom stereocenters. The van der Waals surface area contributed by atoms with Crippen LogP contribution in [0.25, 0.3) is 0 Å². The SMILES string of the molecule is CCC(NC(=O)O)C1CCC(c2cc(NC(=O)Cc3ccccc3S(=O)(=O)CC)n[nH]2)C1. The first-order valence-corrected chi connectivity index (χ1v) is 12.5. The van der Waals surface area contributed by atoms with E-state index in [1.807, 2.05) is 6.92 Å². The molecule has 1 aromatic carbocycles. The average Bonchev–Trinajstić information content (AvgIpc) is 3.41. The maximum atomic E-state index is 12.5. The highest BCUT2D eigenvalue weighted by atomic mass is 32.2. The van der Waals surface area contributed by atoms with Crippen molar-refractivity contribution in [2.75, 3.05) is 11.1 Å². The van der Waals surface area contributed by atoms with Gasteiger partial charge in [-0.05, 0) is 43.2 Å². The Morgan fingerprint density at radius 1 is 1.25 bits per heavy atom. The van der Waals surface area contributed by atoms with Crippen LogP contribution < -0.4 is 10.6 Å². The first-order valence-electron chi connectivity index (χ1n) is 10.9. The largest absolute Gasteiger partial charge is 0.465 e. The first kappa shape index (κ1) is 23.8. The molecule has 1 fully saturated rings. The molecule has 1 aromatic heterocycles. The summed E-state index contributed by atoms with van der Waals surface area (Å²) < 4.78 is 24.6. The molecule has 0 spiro atoms. The number of benzene rings is 1. The van der Waals surface area contributed by atoms with E-state index in [9.17, 15) is 18.0 Å². The van der Waals surface area contributed by atoms with Gasteiger partial charge in [-0.15, -0.1) is 0 Å². The van der Waals surface area contributed by atoms with Crippen LogP contribution in [0.5, 0.6) is 0 Å². The predicted octanol–water partition coefficient (Wildman–Crippen LogP) is 3.31. The second-order valence-electron chi connectivity index (χ2n) is 8.18. The summed E-state index contributed by atoms with van der Waals surface area (Å²) in [6.45, 7) is 3.55. The molecule has 3 atom stereocenters. The van der Waals surface area contributed by atoms with E-state index < -0.39 is 15.9 Å². The summed E-state index contributed by atoms with van der Waals surface area (Å²) in [5, 5.41) is 21.5. The van der Waals surface area contributed by atoms with Gasteiger partial charge in [0.2, 0.25) is 5.91 Å². The van der Waals surface area contributed by atoms with E-state index in [-0.39, 0.29) is 40.9 Å². The Balaban J connectivity index is 1.62. The molecule has 2 aromatic rings. The highest BCUT2D eigenvalue weighted by molar-refractivity contribution is 7.91. The molecule has 9 nitrogen and oxygen atoms in total. The third-order valence-electron chi connectivity index (χ3n) is 6.13. The molecule has 4 N–H and O–H groups in total. The summed E-state index contributed by atoms with van der Waals surface area (Å²) >= 11 is 0. The number of amides is 2. The number of carbonyl (C=O) groups excluding carboxylic acids is 1. The summed E-state index contributed by atoms with van der Waals surface area (Å²) in [4.78, 5) is 23.7. The summed E-state index contributed by atoms with van der Waals surface area (Å²) in [5.41, 5.74) is 1.36. The second kappa shape index (κ2) is 10.2. The van der Waals surface area contributed by atoms with Crippen molar-refractivity contribution in [3.05, 3.63) is 41.6 Å². The van der Waals surface area contributed by atoms with E-state index in [4.69, 9.17) is 5.11 Å². The van der Waals surface area contributed by atoms with Gasteiger partial charge in [0.25, 0.3) is 0 Å². The van der Waals surface area contributed by atoms with Gasteiger partial charge >= 0.3 is 6.09 Å². The van der Waals surface area contributed by atoms with Gasteiger partial charge in [0.05, 0.1) is 17.1 Å². The van der Waals surface area contributed by atoms with E-state index in [0.29, 0.717) is 11.4 Å². The molecular formula is C22H30N4O5S. The van der Waals surface area contributed by atoms with Crippen LogP contribution in [0.15, 0.2) is 35.2 Å². The average molecular weight is 463 g/mol. The third-order valence-corrected chi connectivity index (χ3v) is 7.96. The highest BCUT2D eigenvalue weighted by Gasteiger charge is 2.32. The summed E-state index contributed by atoms with van der Waals surface area (Å²) in [7, 11) is -3.42. The summed E-state index contributed by atoms with van der Waals surface area (Å²) in [6.07, 6.45) is 2.36. The Hall–Kier alpha value is -2.88. The number of sulfone groups is 1. The van der Waals surface area contributed by atoms with E-state index in [1.165, 1.54) is 6.07 Å². The highest BCUT2D eigenvalue weighted by Crippen LogP contribution is 2.40. The van der Waals surface area contributed by atoms with Crippen LogP contribution in [0.2, 0.25) is 0 Å². The Morgan fingerprint density at radius 2 is 2.00 bits per heavy atom. The quantitative estimate of drug-likeness (QED) is 0.450. The van der Waals surface area contributed by atoms with Gasteiger partial charge in [-0.2, -0.15) is 5.10 Å². The molecule has 0 saturated heterocycles. The minimum Gasteiger partial charge on any atom is -0.465 e. The molecule has 0 radical (unpaired) electrons. The predicted molar refractivity (Wildman–Crippen MR) is 120 cm³/mol. The molecule has 3 rings (SSSR count). The van der Waals surface area contributed by atoms with Gasteiger partial charge in [-0.25, -0.2) is 13.2 Å². The number of carboxylic acid groups (broad SMARTS) is 1. The number of hydrogen-bond acceptors (Lipinski definition) is 5. The van der Waals surface area contributed by atoms with Crippen LogP contribution in [0.3, 0.4) is 0 Å². The van der Waals surface area contributed by atoms with Crippen LogP contribution in [0.4, 0.5) is 10.6 Å². The zero-order valence-corrected chi connectivity index (χ0v) is 19.1. The van der Waals surface area contributed by atoms with Crippen LogP contribution in [-0.2, 0) is 21.1 Å². The fourth-order valence-electron chi connectivity index (χ4n) is 4.45. The second-order valence-corrected chi connectivity index (χ2v) is 10.4. The lowest BCUT2D eigenvalue weighted by Crippen LogP contribution is -2.38. The van der Waals surface area contributed by atoms with E-state index in [2.05, 4.69) is 20.8 Å². The number of anilines is 1. The van der Waals surface area contributed by atoms with Crippen molar-refractivity contribution in [1.29, 1.82) is 0 Å². The number of carbonyl (C=O) groups is 2. The Labute approximate surface area is 187 Å². The smallest absolute Gasteiger partial charge is 0.404 e. The Morgan fingerprint density at radius 3 is 2.69 bits per heavy atom. The molecule has 0 aliphatic heterocycles. The Kier molecular flexibility index (Phi) is 7.55. The fraction of sp³-hybridized carbons (Fsp3) is 0.500. The molecule has 32 heavy (non-hydrogen) atoms. The van der Waals surface area contributed by atoms with Gasteiger partial charge in [0.1, 0.15) is 0 Å². The van der Waals surface area contributed by atoms with Gasteiger partial charge in [0.15, 0.2) is 15.7 Å². The molecule has 174 valence electrons. The minimum atomic E-state index is -3.42. The molecule has 1 aliphatic rings. The maximum Gasteiger partial charge on any atom is 0.404 e. The molecule has 1 saturated carbocycles. The number of rotatable bonds is 9. The van der Waals surface area contributed by atoms with Crippen molar-refractivity contribution >= 4 is 27.7 Å². The molecule has 1 aliphatic carbocycles. The lowest BCUT2D eigenvalue weighted by atomic mass is 9.94. The van der Waals surface area contributed by atoms with E-state index >= 15 is 0 Å². The van der Waals surface area contributed by atoms with Crippen LogP contribution in [-0.4, -0.2) is 47.5 Å². The lowest BCUT2D eigenvalue weighted by Gasteiger charge is -2.22. The molecule has 0 bridgehead atoms. The monoisotopic (exact) mass is 462 g/mol. The molecular weight excluding hydrogens is 432 g/mol. The van der Waals surface area contributed by atoms with Gasteiger partial charge < -0.3 is 15.7 Å². The minimum absolute atomic E-state index is 0.0301. The Bertz CT molecular complexity index is 1070. The standard InChI is InChI=1S/C22H30N4O5S/c1-3-17(23-22(28)29)14-9-10-15(11-14)18-13-20(26-25-18)24-21(27)12-16-7-5-6-8-19(16)32(30,31)4-2/h5-8,13-15,17,23H,3-4,9-12H2,1-2H3,(H,28,29)(H2,24,25,26,27). The zero-order valence-electron chi connectivity index (χ0n) is 18.3. The van der Waals surface area contributed by atoms with Crippen LogP contribution in [0.1, 0.15) is 56.7 Å². The summed E-state index contributed by atoms with van der Waals surface area (Å²) in [6, 6.07) is 8.25. The van der Waals surface area contributed by atoms with Crippen molar-refractivity contribution in [2.45, 2.75) is 62.8 Å². The van der Waals surface area contributed by atoms with Crippen LogP contribution >= 0.6 is 0 Å². The number of H-pyrrole nitrogens is 1.